The van der Waals surface area contributed by atoms with Gasteiger partial charge in [-0.25, -0.2) is 31.3 Å². The molecule has 0 radical (unpaired) electrons. The number of nitro benzene ring substituents is 2. The molecule has 2 heterocycles. The minimum atomic E-state index is -3.93. The first-order valence-electron chi connectivity index (χ1n) is 12.7. The first-order valence-corrected chi connectivity index (χ1v) is 18.2. The van der Waals surface area contributed by atoms with Crippen LogP contribution < -0.4 is 9.44 Å². The van der Waals surface area contributed by atoms with Gasteiger partial charge in [0, 0.05) is 58.9 Å². The van der Waals surface area contributed by atoms with E-state index in [-0.39, 0.29) is 45.6 Å². The van der Waals surface area contributed by atoms with E-state index in [1.54, 1.807) is 47.1 Å². The van der Waals surface area contributed by atoms with Crippen molar-refractivity contribution in [2.45, 2.75) is 69.8 Å². The normalized spacial score (nSPS) is 11.8. The van der Waals surface area contributed by atoms with E-state index >= 15 is 0 Å². The number of nitro groups is 2. The molecule has 2 N–H and O–H groups in total. The van der Waals surface area contributed by atoms with E-state index in [9.17, 15) is 37.1 Å². The number of nitrogens with zero attached hydrogens (tertiary/aromatic N) is 4. The van der Waals surface area contributed by atoms with E-state index in [0.29, 0.717) is 24.8 Å². The summed E-state index contributed by atoms with van der Waals surface area (Å²) >= 11 is 5.74. The number of benzene rings is 2. The van der Waals surface area contributed by atoms with Crippen molar-refractivity contribution in [2.75, 3.05) is 0 Å². The average molecular weight is 859 g/mol. The van der Waals surface area contributed by atoms with Gasteiger partial charge in [0.25, 0.3) is 11.4 Å². The lowest BCUT2D eigenvalue weighted by Gasteiger charge is -2.21. The molecule has 4 aromatic rings. The fraction of sp³-hybridized carbons (Fsp3) is 0.333. The highest BCUT2D eigenvalue weighted by molar-refractivity contribution is 9.11. The van der Waals surface area contributed by atoms with Gasteiger partial charge in [-0.1, -0.05) is 7.43 Å². The molecular weight excluding hydrogens is 824 g/mol. The number of thiazole rings is 2. The second-order valence-corrected chi connectivity index (χ2v) is 17.9. The van der Waals surface area contributed by atoms with Crippen LogP contribution in [0.3, 0.4) is 0 Å². The molecule has 0 fully saturated rings. The summed E-state index contributed by atoms with van der Waals surface area (Å²) in [6, 6.07) is 7.56. The van der Waals surface area contributed by atoms with Crippen molar-refractivity contribution in [3.8, 4) is 20.9 Å². The van der Waals surface area contributed by atoms with E-state index in [1.807, 2.05) is 0 Å². The van der Waals surface area contributed by atoms with Crippen LogP contribution in [0.2, 0.25) is 0 Å². The molecule has 0 atom stereocenters. The van der Waals surface area contributed by atoms with Crippen LogP contribution in [0.25, 0.3) is 20.9 Å². The SMILES string of the molecule is Br.C.CC(C)(C)NS(=O)(=O)c1cc([N+](=O)[O-])ccc1-c1cnc(Br)s1.CC(C)(C)NS(=O)(=O)c1cc([N+](=O)[O-])ccc1-c1cncs1. The van der Waals surface area contributed by atoms with Crippen LogP contribution in [0.5, 0.6) is 0 Å². The molecule has 20 heteroatoms. The molecule has 14 nitrogen and oxygen atoms in total. The molecule has 2 aromatic carbocycles. The van der Waals surface area contributed by atoms with Crippen LogP contribution in [0.4, 0.5) is 11.4 Å². The second-order valence-electron chi connectivity index (χ2n) is 11.4. The molecule has 0 spiro atoms. The highest BCUT2D eigenvalue weighted by Gasteiger charge is 2.29. The summed E-state index contributed by atoms with van der Waals surface area (Å²) in [6.07, 6.45) is 3.05. The molecule has 0 aliphatic rings. The smallest absolute Gasteiger partial charge is 0.258 e. The van der Waals surface area contributed by atoms with Crippen molar-refractivity contribution in [3.63, 3.8) is 0 Å². The zero-order valence-corrected chi connectivity index (χ0v) is 31.7. The minimum Gasteiger partial charge on any atom is -0.258 e. The summed E-state index contributed by atoms with van der Waals surface area (Å²) < 4.78 is 56.1. The van der Waals surface area contributed by atoms with Gasteiger partial charge < -0.3 is 0 Å². The molecule has 47 heavy (non-hydrogen) atoms. The summed E-state index contributed by atoms with van der Waals surface area (Å²) in [6.45, 7) is 10.2. The van der Waals surface area contributed by atoms with Gasteiger partial charge in [0.1, 0.15) is 0 Å². The Morgan fingerprint density at radius 1 is 0.766 bits per heavy atom. The number of hydrogen-bond acceptors (Lipinski definition) is 12. The van der Waals surface area contributed by atoms with Gasteiger partial charge in [0.2, 0.25) is 20.0 Å². The number of sulfonamides is 2. The van der Waals surface area contributed by atoms with Crippen LogP contribution in [0.15, 0.2) is 68.0 Å². The summed E-state index contributed by atoms with van der Waals surface area (Å²) in [5.74, 6) is 0. The van der Waals surface area contributed by atoms with Crippen molar-refractivity contribution < 1.29 is 26.7 Å². The summed E-state index contributed by atoms with van der Waals surface area (Å²) in [5.41, 5.74) is 0.364. The van der Waals surface area contributed by atoms with E-state index in [0.717, 1.165) is 12.1 Å². The van der Waals surface area contributed by atoms with E-state index in [1.165, 1.54) is 59.3 Å². The molecule has 0 aliphatic heterocycles. The maximum atomic E-state index is 12.7. The monoisotopic (exact) mass is 856 g/mol. The Hall–Kier alpha value is -2.72. The third kappa shape index (κ3) is 11.7. The highest BCUT2D eigenvalue weighted by atomic mass is 79.9. The second kappa shape index (κ2) is 16.1. The van der Waals surface area contributed by atoms with Gasteiger partial charge in [-0.3, -0.25) is 25.2 Å². The number of rotatable bonds is 8. The quantitative estimate of drug-likeness (QED) is 0.131. The molecule has 258 valence electrons. The predicted octanol–water partition coefficient (Wildman–Crippen LogP) is 7.57. The van der Waals surface area contributed by atoms with Gasteiger partial charge in [0.15, 0.2) is 3.92 Å². The average Bonchev–Trinajstić information content (AvgIpc) is 3.58. The Kier molecular flexibility index (Phi) is 14.5. The Balaban J connectivity index is 0.000000451. The Bertz CT molecular complexity index is 1940. The lowest BCUT2D eigenvalue weighted by Crippen LogP contribution is -2.40. The first kappa shape index (κ1) is 42.3. The standard InChI is InChI=1S/C13H14BrN3O4S2.C13H15N3O4S2.CH4.BrH/c1-13(2,3)16-23(20,21)11-6-8(17(18)19)4-5-9(11)10-7-15-12(14)22-10;1-13(2,3)15-22(19,20)12-6-9(16(17)18)4-5-10(12)11-7-14-8-21-11;;/h4-7,16H,1-3H3;4-8,15H,1-3H3;1H4;1H. The van der Waals surface area contributed by atoms with E-state index in [4.69, 9.17) is 0 Å². The minimum absolute atomic E-state index is 0. The van der Waals surface area contributed by atoms with Crippen LogP contribution >= 0.6 is 55.6 Å². The largest absolute Gasteiger partial charge is 0.270 e. The fourth-order valence-corrected chi connectivity index (χ4v) is 9.16. The molecule has 2 aromatic heterocycles. The third-order valence-electron chi connectivity index (χ3n) is 5.25. The van der Waals surface area contributed by atoms with Gasteiger partial charge in [-0.05, 0) is 69.6 Å². The zero-order chi connectivity index (χ0) is 34.0. The number of halogens is 2. The summed E-state index contributed by atoms with van der Waals surface area (Å²) in [5, 5.41) is 21.9. The molecule has 0 aliphatic carbocycles. The number of nitrogens with one attached hydrogen (secondary N) is 2. The molecule has 0 saturated carbocycles. The molecular formula is C27H34Br2N6O8S4. The van der Waals surface area contributed by atoms with Gasteiger partial charge >= 0.3 is 0 Å². The Morgan fingerprint density at radius 3 is 1.51 bits per heavy atom. The van der Waals surface area contributed by atoms with Crippen LogP contribution in [0.1, 0.15) is 49.0 Å². The zero-order valence-electron chi connectivity index (χ0n) is 25.2. The lowest BCUT2D eigenvalue weighted by molar-refractivity contribution is -0.385. The van der Waals surface area contributed by atoms with Gasteiger partial charge in [-0.15, -0.1) is 39.7 Å². The summed E-state index contributed by atoms with van der Waals surface area (Å²) in [4.78, 5) is 29.6. The van der Waals surface area contributed by atoms with Crippen molar-refractivity contribution in [1.82, 2.24) is 19.4 Å². The van der Waals surface area contributed by atoms with Crippen molar-refractivity contribution in [3.05, 3.63) is 78.4 Å². The van der Waals surface area contributed by atoms with Gasteiger partial charge in [-0.2, -0.15) is 0 Å². The maximum absolute atomic E-state index is 12.7. The van der Waals surface area contributed by atoms with Crippen molar-refractivity contribution in [1.29, 1.82) is 0 Å². The maximum Gasteiger partial charge on any atom is 0.270 e. The molecule has 0 unspecified atom stereocenters. The first-order chi connectivity index (χ1) is 20.6. The van der Waals surface area contributed by atoms with Crippen LogP contribution in [-0.2, 0) is 20.0 Å². The number of non-ortho nitro benzene ring substituents is 2. The van der Waals surface area contributed by atoms with Crippen molar-refractivity contribution in [2.24, 2.45) is 0 Å². The number of hydrogen-bond donors (Lipinski definition) is 2. The predicted molar refractivity (Wildman–Crippen MR) is 193 cm³/mol. The molecule has 0 saturated heterocycles. The molecule has 4 rings (SSSR count). The Labute approximate surface area is 300 Å². The molecule has 0 bridgehead atoms. The van der Waals surface area contributed by atoms with Crippen molar-refractivity contribution >= 4 is 87.0 Å². The third-order valence-corrected chi connectivity index (χ3v) is 11.2. The topological polar surface area (TPSA) is 204 Å². The summed E-state index contributed by atoms with van der Waals surface area (Å²) in [7, 11) is -7.84. The lowest BCUT2D eigenvalue weighted by atomic mass is 10.1. The Morgan fingerprint density at radius 2 is 1.19 bits per heavy atom. The van der Waals surface area contributed by atoms with Gasteiger partial charge in [0.05, 0.1) is 34.9 Å². The van der Waals surface area contributed by atoms with Crippen LogP contribution in [-0.4, -0.2) is 47.7 Å². The number of aromatic nitrogens is 2. The fourth-order valence-electron chi connectivity index (χ4n) is 3.74. The van der Waals surface area contributed by atoms with E-state index in [2.05, 4.69) is 35.3 Å². The molecule has 0 amide bonds. The van der Waals surface area contributed by atoms with Crippen LogP contribution in [0, 0.1) is 20.2 Å². The highest BCUT2D eigenvalue weighted by Crippen LogP contribution is 2.36. The van der Waals surface area contributed by atoms with E-state index < -0.39 is 41.0 Å².